The zero-order chi connectivity index (χ0) is 20.7. The van der Waals surface area contributed by atoms with Crippen molar-refractivity contribution in [1.29, 1.82) is 0 Å². The van der Waals surface area contributed by atoms with Crippen molar-refractivity contribution < 1.29 is 17.9 Å². The summed E-state index contributed by atoms with van der Waals surface area (Å²) in [6.07, 6.45) is 3.55. The molecule has 0 spiro atoms. The first-order chi connectivity index (χ1) is 14.5. The molecule has 0 unspecified atom stereocenters. The molecule has 2 aliphatic rings. The van der Waals surface area contributed by atoms with Gasteiger partial charge in [0.15, 0.2) is 11.5 Å². The average molecular weight is 425 g/mol. The van der Waals surface area contributed by atoms with Crippen LogP contribution in [-0.4, -0.2) is 39.7 Å². The molecule has 7 heteroatoms. The van der Waals surface area contributed by atoms with Gasteiger partial charge in [-0.15, -0.1) is 0 Å². The monoisotopic (exact) mass is 424 g/mol. The van der Waals surface area contributed by atoms with Crippen molar-refractivity contribution >= 4 is 26.4 Å². The number of fused-ring (bicyclic) bond motifs is 2. The van der Waals surface area contributed by atoms with Crippen LogP contribution in [0.3, 0.4) is 0 Å². The highest BCUT2D eigenvalue weighted by atomic mass is 32.2. The van der Waals surface area contributed by atoms with Gasteiger partial charge in [-0.25, -0.2) is 8.42 Å². The predicted molar refractivity (Wildman–Crippen MR) is 115 cm³/mol. The number of pyridine rings is 1. The van der Waals surface area contributed by atoms with Crippen LogP contribution in [0.4, 0.5) is 5.69 Å². The number of anilines is 1. The molecule has 5 rings (SSSR count). The molecule has 2 aromatic carbocycles. The minimum Gasteiger partial charge on any atom is -0.486 e. The lowest BCUT2D eigenvalue weighted by Crippen LogP contribution is -2.34. The van der Waals surface area contributed by atoms with Crippen LogP contribution in [0.2, 0.25) is 0 Å². The second kappa shape index (κ2) is 7.47. The van der Waals surface area contributed by atoms with E-state index in [2.05, 4.69) is 16.8 Å². The molecule has 1 saturated heterocycles. The maximum atomic E-state index is 13.6. The highest BCUT2D eigenvalue weighted by Gasteiger charge is 2.29. The van der Waals surface area contributed by atoms with Crippen molar-refractivity contribution in [2.45, 2.75) is 29.6 Å². The number of nitrogens with zero attached hydrogens (tertiary/aromatic N) is 2. The number of benzene rings is 2. The Morgan fingerprint density at radius 3 is 2.37 bits per heavy atom. The van der Waals surface area contributed by atoms with Crippen molar-refractivity contribution in [3.8, 4) is 11.5 Å². The lowest BCUT2D eigenvalue weighted by Gasteiger charge is -2.34. The largest absolute Gasteiger partial charge is 0.486 e. The van der Waals surface area contributed by atoms with Crippen molar-refractivity contribution in [1.82, 2.24) is 4.98 Å². The van der Waals surface area contributed by atoms with Gasteiger partial charge in [0.05, 0.1) is 16.1 Å². The normalized spacial score (nSPS) is 17.3. The quantitative estimate of drug-likeness (QED) is 0.631. The topological polar surface area (TPSA) is 68.7 Å². The Morgan fingerprint density at radius 2 is 1.67 bits per heavy atom. The number of piperidine rings is 1. The van der Waals surface area contributed by atoms with Crippen LogP contribution in [0.5, 0.6) is 11.5 Å². The van der Waals surface area contributed by atoms with Crippen LogP contribution in [0.1, 0.15) is 19.8 Å². The molecule has 6 nitrogen and oxygen atoms in total. The van der Waals surface area contributed by atoms with Gasteiger partial charge in [0.25, 0.3) is 0 Å². The van der Waals surface area contributed by atoms with Gasteiger partial charge in [0.2, 0.25) is 9.84 Å². The van der Waals surface area contributed by atoms with E-state index in [4.69, 9.17) is 9.47 Å². The SMILES string of the molecule is CC1CCN(c2c(S(=O)(=O)c3ccccc3)cnc3cc4c(cc23)OCCO4)CC1. The van der Waals surface area contributed by atoms with Gasteiger partial charge in [0.1, 0.15) is 18.1 Å². The van der Waals surface area contributed by atoms with E-state index in [9.17, 15) is 8.42 Å². The molecular weight excluding hydrogens is 400 g/mol. The molecule has 0 saturated carbocycles. The van der Waals surface area contributed by atoms with E-state index in [-0.39, 0.29) is 9.79 Å². The number of sulfone groups is 1. The molecule has 0 N–H and O–H groups in total. The number of ether oxygens (including phenoxy) is 2. The number of hydrogen-bond acceptors (Lipinski definition) is 6. The minimum absolute atomic E-state index is 0.243. The van der Waals surface area contributed by atoms with E-state index in [0.717, 1.165) is 31.3 Å². The Kier molecular flexibility index (Phi) is 4.77. The fourth-order valence-electron chi connectivity index (χ4n) is 4.18. The zero-order valence-corrected chi connectivity index (χ0v) is 17.7. The Balaban J connectivity index is 1.75. The zero-order valence-electron chi connectivity index (χ0n) is 16.9. The molecule has 0 bridgehead atoms. The second-order valence-electron chi connectivity index (χ2n) is 7.97. The molecule has 0 amide bonds. The van der Waals surface area contributed by atoms with Crippen molar-refractivity contribution in [2.75, 3.05) is 31.2 Å². The average Bonchev–Trinajstić information content (AvgIpc) is 2.78. The summed E-state index contributed by atoms with van der Waals surface area (Å²) in [5.74, 6) is 1.92. The number of rotatable bonds is 3. The van der Waals surface area contributed by atoms with Gasteiger partial charge in [-0.1, -0.05) is 25.1 Å². The van der Waals surface area contributed by atoms with Crippen LogP contribution >= 0.6 is 0 Å². The lowest BCUT2D eigenvalue weighted by molar-refractivity contribution is 0.172. The third kappa shape index (κ3) is 3.27. The number of hydrogen-bond donors (Lipinski definition) is 0. The molecule has 30 heavy (non-hydrogen) atoms. The first kappa shape index (κ1) is 19.2. The highest BCUT2D eigenvalue weighted by molar-refractivity contribution is 7.91. The predicted octanol–water partition coefficient (Wildman–Crippen LogP) is 4.08. The molecule has 0 atom stereocenters. The maximum absolute atomic E-state index is 13.6. The highest BCUT2D eigenvalue weighted by Crippen LogP contribution is 2.42. The Bertz CT molecular complexity index is 1190. The summed E-state index contributed by atoms with van der Waals surface area (Å²) >= 11 is 0. The van der Waals surface area contributed by atoms with Crippen LogP contribution in [-0.2, 0) is 9.84 Å². The lowest BCUT2D eigenvalue weighted by atomic mass is 9.98. The molecule has 3 heterocycles. The fraction of sp³-hybridized carbons (Fsp3) is 0.348. The molecule has 0 aliphatic carbocycles. The smallest absolute Gasteiger partial charge is 0.210 e. The van der Waals surface area contributed by atoms with Gasteiger partial charge < -0.3 is 14.4 Å². The Morgan fingerprint density at radius 1 is 1.00 bits per heavy atom. The molecule has 0 radical (unpaired) electrons. The summed E-state index contributed by atoms with van der Waals surface area (Å²) in [6.45, 7) is 4.84. The van der Waals surface area contributed by atoms with E-state index < -0.39 is 9.84 Å². The number of aromatic nitrogens is 1. The van der Waals surface area contributed by atoms with Crippen molar-refractivity contribution in [3.63, 3.8) is 0 Å². The van der Waals surface area contributed by atoms with Crippen molar-refractivity contribution in [3.05, 3.63) is 48.7 Å². The molecule has 1 fully saturated rings. The van der Waals surface area contributed by atoms with E-state index in [1.54, 1.807) is 24.3 Å². The van der Waals surface area contributed by atoms with E-state index >= 15 is 0 Å². The van der Waals surface area contributed by atoms with Crippen LogP contribution in [0.15, 0.2) is 58.5 Å². The van der Waals surface area contributed by atoms with Gasteiger partial charge >= 0.3 is 0 Å². The summed E-state index contributed by atoms with van der Waals surface area (Å²) in [5.41, 5.74) is 1.42. The fourth-order valence-corrected chi connectivity index (χ4v) is 5.63. The third-order valence-electron chi connectivity index (χ3n) is 5.91. The van der Waals surface area contributed by atoms with Gasteiger partial charge in [-0.3, -0.25) is 4.98 Å². The summed E-state index contributed by atoms with van der Waals surface area (Å²) in [6, 6.07) is 12.3. The Labute approximate surface area is 176 Å². The van der Waals surface area contributed by atoms with Crippen molar-refractivity contribution in [2.24, 2.45) is 5.92 Å². The van der Waals surface area contributed by atoms with Crippen LogP contribution in [0.25, 0.3) is 10.9 Å². The van der Waals surface area contributed by atoms with E-state index in [1.807, 2.05) is 18.2 Å². The third-order valence-corrected chi connectivity index (χ3v) is 7.68. The summed E-state index contributed by atoms with van der Waals surface area (Å²) in [7, 11) is -3.72. The Hall–Kier alpha value is -2.80. The summed E-state index contributed by atoms with van der Waals surface area (Å²) in [4.78, 5) is 7.22. The van der Waals surface area contributed by atoms with Gasteiger partial charge in [0, 0.05) is 30.7 Å². The second-order valence-corrected chi connectivity index (χ2v) is 9.89. The first-order valence-electron chi connectivity index (χ1n) is 10.3. The van der Waals surface area contributed by atoms with E-state index in [1.165, 1.54) is 6.20 Å². The van der Waals surface area contributed by atoms with Crippen LogP contribution in [0, 0.1) is 5.92 Å². The molecule has 3 aromatic rings. The summed E-state index contributed by atoms with van der Waals surface area (Å²) < 4.78 is 38.6. The van der Waals surface area contributed by atoms with Gasteiger partial charge in [-0.2, -0.15) is 0 Å². The first-order valence-corrected chi connectivity index (χ1v) is 11.8. The summed E-state index contributed by atoms with van der Waals surface area (Å²) in [5, 5.41) is 0.783. The molecule has 1 aromatic heterocycles. The maximum Gasteiger partial charge on any atom is 0.210 e. The standard InChI is InChI=1S/C23H24N2O4S/c1-16-7-9-25(10-8-16)23-18-13-20-21(29-12-11-28-20)14-19(18)24-15-22(23)30(26,27)17-5-3-2-4-6-17/h2-6,13-16H,7-12H2,1H3. The molecule has 156 valence electrons. The molecular formula is C23H24N2O4S. The molecule has 2 aliphatic heterocycles. The van der Waals surface area contributed by atoms with Gasteiger partial charge in [-0.05, 0) is 37.0 Å². The minimum atomic E-state index is -3.72. The van der Waals surface area contributed by atoms with E-state index in [0.29, 0.717) is 41.8 Å². The van der Waals surface area contributed by atoms with Crippen LogP contribution < -0.4 is 14.4 Å².